The molecule has 2 aromatic heterocycles. The summed E-state index contributed by atoms with van der Waals surface area (Å²) in [7, 11) is 0. The number of carbonyl (C=O) groups excluding carboxylic acids is 1. The summed E-state index contributed by atoms with van der Waals surface area (Å²) in [5.74, 6) is 0.253. The molecule has 1 aliphatic heterocycles. The Kier molecular flexibility index (Phi) is 4.90. The van der Waals surface area contributed by atoms with Crippen LogP contribution in [0, 0.1) is 13.8 Å². The topological polar surface area (TPSA) is 36.4 Å². The fraction of sp³-hybridized carbons (Fsp3) is 0.500. The molecule has 0 aliphatic carbocycles. The third-order valence-electron chi connectivity index (χ3n) is 4.06. The summed E-state index contributed by atoms with van der Waals surface area (Å²) in [6.45, 7) is 8.63. The minimum absolute atomic E-state index is 0.253. The van der Waals surface area contributed by atoms with Gasteiger partial charge in [0.1, 0.15) is 5.01 Å². The molecule has 0 atom stereocenters. The zero-order valence-electron chi connectivity index (χ0n) is 13.0. The van der Waals surface area contributed by atoms with E-state index in [-0.39, 0.29) is 5.91 Å². The van der Waals surface area contributed by atoms with Crippen molar-refractivity contribution < 1.29 is 4.79 Å². The number of piperazine rings is 1. The summed E-state index contributed by atoms with van der Waals surface area (Å²) in [6, 6.07) is 4.04. The molecule has 118 valence electrons. The molecule has 3 heterocycles. The minimum Gasteiger partial charge on any atom is -0.340 e. The van der Waals surface area contributed by atoms with Crippen molar-refractivity contribution in [3.8, 4) is 0 Å². The molecule has 3 rings (SSSR count). The second-order valence-electron chi connectivity index (χ2n) is 5.66. The van der Waals surface area contributed by atoms with E-state index in [9.17, 15) is 4.79 Å². The van der Waals surface area contributed by atoms with Gasteiger partial charge < -0.3 is 4.90 Å². The maximum atomic E-state index is 12.3. The van der Waals surface area contributed by atoms with E-state index in [0.717, 1.165) is 43.3 Å². The maximum Gasteiger partial charge on any atom is 0.227 e. The molecule has 0 saturated carbocycles. The van der Waals surface area contributed by atoms with E-state index >= 15 is 0 Å². The zero-order valence-corrected chi connectivity index (χ0v) is 14.7. The lowest BCUT2D eigenvalue weighted by Crippen LogP contribution is -2.48. The van der Waals surface area contributed by atoms with Crippen LogP contribution in [0.1, 0.15) is 20.5 Å². The van der Waals surface area contributed by atoms with Crippen molar-refractivity contribution in [3.63, 3.8) is 0 Å². The van der Waals surface area contributed by atoms with Gasteiger partial charge in [-0.3, -0.25) is 9.69 Å². The fourth-order valence-electron chi connectivity index (χ4n) is 2.63. The van der Waals surface area contributed by atoms with Gasteiger partial charge in [-0.1, -0.05) is 6.07 Å². The molecule has 0 N–H and O–H groups in total. The van der Waals surface area contributed by atoms with E-state index in [1.165, 1.54) is 9.88 Å². The highest BCUT2D eigenvalue weighted by Gasteiger charge is 2.22. The van der Waals surface area contributed by atoms with Gasteiger partial charge >= 0.3 is 0 Å². The van der Waals surface area contributed by atoms with E-state index in [2.05, 4.69) is 23.7 Å². The second-order valence-corrected chi connectivity index (χ2v) is 7.98. The van der Waals surface area contributed by atoms with E-state index in [4.69, 9.17) is 0 Å². The smallest absolute Gasteiger partial charge is 0.227 e. The number of aromatic nitrogens is 1. The van der Waals surface area contributed by atoms with Crippen LogP contribution in [-0.4, -0.2) is 46.9 Å². The van der Waals surface area contributed by atoms with E-state index in [1.807, 2.05) is 22.4 Å². The molecule has 1 fully saturated rings. The van der Waals surface area contributed by atoms with E-state index < -0.39 is 0 Å². The zero-order chi connectivity index (χ0) is 15.5. The van der Waals surface area contributed by atoms with Crippen molar-refractivity contribution in [2.24, 2.45) is 0 Å². The Morgan fingerprint density at radius 1 is 1.27 bits per heavy atom. The van der Waals surface area contributed by atoms with Crippen molar-refractivity contribution in [2.45, 2.75) is 26.8 Å². The Hall–Kier alpha value is -1.24. The summed E-state index contributed by atoms with van der Waals surface area (Å²) >= 11 is 3.44. The Morgan fingerprint density at radius 3 is 2.64 bits per heavy atom. The van der Waals surface area contributed by atoms with Crippen molar-refractivity contribution >= 4 is 28.6 Å². The predicted molar refractivity (Wildman–Crippen MR) is 91.5 cm³/mol. The monoisotopic (exact) mass is 335 g/mol. The highest BCUT2D eigenvalue weighted by Crippen LogP contribution is 2.19. The first-order valence-corrected chi connectivity index (χ1v) is 9.27. The number of hydrogen-bond donors (Lipinski definition) is 0. The van der Waals surface area contributed by atoms with Gasteiger partial charge in [0.2, 0.25) is 5.91 Å². The van der Waals surface area contributed by atoms with Crippen LogP contribution in [0.5, 0.6) is 0 Å². The molecule has 4 nitrogen and oxygen atoms in total. The molecular formula is C16H21N3OS2. The van der Waals surface area contributed by atoms with Crippen LogP contribution in [0.15, 0.2) is 17.5 Å². The predicted octanol–water partition coefficient (Wildman–Crippen LogP) is 2.71. The van der Waals surface area contributed by atoms with Crippen LogP contribution < -0.4 is 0 Å². The van der Waals surface area contributed by atoms with Crippen LogP contribution >= 0.6 is 22.7 Å². The first-order chi connectivity index (χ1) is 10.6. The van der Waals surface area contributed by atoms with Gasteiger partial charge in [0.05, 0.1) is 18.7 Å². The van der Waals surface area contributed by atoms with Crippen molar-refractivity contribution in [1.29, 1.82) is 0 Å². The number of thiazole rings is 1. The summed E-state index contributed by atoms with van der Waals surface area (Å²) in [5.41, 5.74) is 1.14. The molecule has 0 bridgehead atoms. The summed E-state index contributed by atoms with van der Waals surface area (Å²) in [6.07, 6.45) is 0.544. The van der Waals surface area contributed by atoms with E-state index in [0.29, 0.717) is 6.42 Å². The Morgan fingerprint density at radius 2 is 2.05 bits per heavy atom. The van der Waals surface area contributed by atoms with Crippen LogP contribution in [-0.2, 0) is 17.8 Å². The lowest BCUT2D eigenvalue weighted by atomic mass is 10.2. The molecular weight excluding hydrogens is 314 g/mol. The molecule has 0 aromatic carbocycles. The third-order valence-corrected chi connectivity index (χ3v) is 6.00. The lowest BCUT2D eigenvalue weighted by Gasteiger charge is -2.34. The largest absolute Gasteiger partial charge is 0.340 e. The number of amides is 1. The van der Waals surface area contributed by atoms with Crippen LogP contribution in [0.25, 0.3) is 0 Å². The molecule has 0 unspecified atom stereocenters. The highest BCUT2D eigenvalue weighted by atomic mass is 32.1. The number of rotatable bonds is 4. The quantitative estimate of drug-likeness (QED) is 0.862. The molecule has 1 saturated heterocycles. The summed E-state index contributed by atoms with van der Waals surface area (Å²) in [4.78, 5) is 23.7. The maximum absolute atomic E-state index is 12.3. The van der Waals surface area contributed by atoms with Crippen LogP contribution in [0.3, 0.4) is 0 Å². The number of hydrogen-bond acceptors (Lipinski definition) is 5. The average molecular weight is 335 g/mol. The highest BCUT2D eigenvalue weighted by molar-refractivity contribution is 7.11. The third kappa shape index (κ3) is 3.74. The standard InChI is InChI=1S/C16H21N3OS2/c1-12-13(2)22-15(17-12)11-18-5-7-19(8-6-18)16(20)10-14-4-3-9-21-14/h3-4,9H,5-8,10-11H2,1-2H3. The number of thiophene rings is 1. The fourth-order valence-corrected chi connectivity index (χ4v) is 4.30. The minimum atomic E-state index is 0.253. The van der Waals surface area contributed by atoms with Crippen molar-refractivity contribution in [3.05, 3.63) is 38.0 Å². The van der Waals surface area contributed by atoms with Gasteiger partial charge in [0.15, 0.2) is 0 Å². The first-order valence-electron chi connectivity index (χ1n) is 7.57. The number of aryl methyl sites for hydroxylation is 2. The molecule has 1 amide bonds. The SMILES string of the molecule is Cc1nc(CN2CCN(C(=O)Cc3cccs3)CC2)sc1C. The second kappa shape index (κ2) is 6.89. The molecule has 22 heavy (non-hydrogen) atoms. The normalized spacial score (nSPS) is 16.2. The van der Waals surface area contributed by atoms with Gasteiger partial charge in [-0.05, 0) is 25.3 Å². The van der Waals surface area contributed by atoms with Crippen LogP contribution in [0.4, 0.5) is 0 Å². The number of nitrogens with zero attached hydrogens (tertiary/aromatic N) is 3. The van der Waals surface area contributed by atoms with Crippen LogP contribution in [0.2, 0.25) is 0 Å². The lowest BCUT2D eigenvalue weighted by molar-refractivity contribution is -0.132. The Balaban J connectivity index is 1.48. The van der Waals surface area contributed by atoms with E-state index in [1.54, 1.807) is 22.7 Å². The van der Waals surface area contributed by atoms with Crippen molar-refractivity contribution in [1.82, 2.24) is 14.8 Å². The molecule has 1 aliphatic rings. The van der Waals surface area contributed by atoms with Gasteiger partial charge in [0.25, 0.3) is 0 Å². The molecule has 6 heteroatoms. The van der Waals surface area contributed by atoms with Gasteiger partial charge in [-0.15, -0.1) is 22.7 Å². The molecule has 0 radical (unpaired) electrons. The number of carbonyl (C=O) groups is 1. The first kappa shape index (κ1) is 15.6. The molecule has 2 aromatic rings. The average Bonchev–Trinajstić information content (AvgIpc) is 3.10. The van der Waals surface area contributed by atoms with Gasteiger partial charge in [0, 0.05) is 35.9 Å². The Labute approximate surface area is 139 Å². The molecule has 0 spiro atoms. The summed E-state index contributed by atoms with van der Waals surface area (Å²) < 4.78 is 0. The van der Waals surface area contributed by atoms with Crippen molar-refractivity contribution in [2.75, 3.05) is 26.2 Å². The van der Waals surface area contributed by atoms with Gasteiger partial charge in [-0.2, -0.15) is 0 Å². The summed E-state index contributed by atoms with van der Waals surface area (Å²) in [5, 5.41) is 3.21. The Bertz CT molecular complexity index is 608. The van der Waals surface area contributed by atoms with Gasteiger partial charge in [-0.25, -0.2) is 4.98 Å².